The molecule has 0 bridgehead atoms. The van der Waals surface area contributed by atoms with E-state index in [4.69, 9.17) is 14.9 Å². The second-order valence-corrected chi connectivity index (χ2v) is 4.46. The van der Waals surface area contributed by atoms with Crippen molar-refractivity contribution in [1.82, 2.24) is 4.57 Å². The van der Waals surface area contributed by atoms with Crippen LogP contribution in [0.3, 0.4) is 0 Å². The van der Waals surface area contributed by atoms with E-state index in [2.05, 4.69) is 0 Å². The molecule has 1 aliphatic rings. The number of amides is 2. The van der Waals surface area contributed by atoms with Gasteiger partial charge in [0.05, 0.1) is 17.7 Å². The minimum Gasteiger partial charge on any atom is -0.434 e. The number of aromatic nitrogens is 1. The number of benzene rings is 1. The van der Waals surface area contributed by atoms with Crippen molar-refractivity contribution in [3.63, 3.8) is 0 Å². The number of cyclic esters (lactones) is 1. The maximum absolute atomic E-state index is 11.7. The van der Waals surface area contributed by atoms with Crippen LogP contribution in [0.5, 0.6) is 0 Å². The van der Waals surface area contributed by atoms with Gasteiger partial charge in [-0.15, -0.1) is 0 Å². The average Bonchev–Trinajstić information content (AvgIpc) is 2.91. The lowest BCUT2D eigenvalue weighted by atomic mass is 10.2. The molecule has 0 spiro atoms. The molecule has 1 aromatic heterocycles. The SMILES string of the molecule is Cn1c(=O)oc2cc(N3C[C@H](C(N)=O)OC3=O)ccc21. The highest BCUT2D eigenvalue weighted by Gasteiger charge is 2.35. The summed E-state index contributed by atoms with van der Waals surface area (Å²) in [6.45, 7) is 0.0384. The fraction of sp³-hybridized carbons (Fsp3) is 0.250. The lowest BCUT2D eigenvalue weighted by Crippen LogP contribution is -2.32. The number of hydrogen-bond donors (Lipinski definition) is 1. The number of anilines is 1. The number of oxazole rings is 1. The van der Waals surface area contributed by atoms with E-state index >= 15 is 0 Å². The largest absolute Gasteiger partial charge is 0.434 e. The van der Waals surface area contributed by atoms with Crippen molar-refractivity contribution >= 4 is 28.8 Å². The van der Waals surface area contributed by atoms with Crippen molar-refractivity contribution in [3.05, 3.63) is 28.7 Å². The Kier molecular flexibility index (Phi) is 2.53. The van der Waals surface area contributed by atoms with Crippen molar-refractivity contribution in [2.24, 2.45) is 12.8 Å². The monoisotopic (exact) mass is 277 g/mol. The van der Waals surface area contributed by atoms with E-state index in [1.54, 1.807) is 25.2 Å². The lowest BCUT2D eigenvalue weighted by Gasteiger charge is -2.12. The molecule has 20 heavy (non-hydrogen) atoms. The topological polar surface area (TPSA) is 108 Å². The normalized spacial score (nSPS) is 18.6. The number of aryl methyl sites for hydroxylation is 1. The van der Waals surface area contributed by atoms with Gasteiger partial charge in [-0.25, -0.2) is 9.59 Å². The highest BCUT2D eigenvalue weighted by atomic mass is 16.6. The summed E-state index contributed by atoms with van der Waals surface area (Å²) < 4.78 is 11.2. The Morgan fingerprint density at radius 1 is 1.40 bits per heavy atom. The van der Waals surface area contributed by atoms with Crippen LogP contribution in [-0.4, -0.2) is 29.2 Å². The molecular formula is C12H11N3O5. The first-order chi connectivity index (χ1) is 9.47. The van der Waals surface area contributed by atoms with Crippen LogP contribution in [0, 0.1) is 0 Å². The molecule has 1 fully saturated rings. The zero-order chi connectivity index (χ0) is 14.4. The zero-order valence-corrected chi connectivity index (χ0v) is 10.5. The molecule has 3 rings (SSSR count). The number of ether oxygens (including phenoxy) is 1. The molecule has 0 saturated carbocycles. The van der Waals surface area contributed by atoms with Gasteiger partial charge in [0.2, 0.25) is 0 Å². The molecule has 0 unspecified atom stereocenters. The number of fused-ring (bicyclic) bond motifs is 1. The minimum absolute atomic E-state index is 0.0384. The molecular weight excluding hydrogens is 266 g/mol. The van der Waals surface area contributed by atoms with Gasteiger partial charge >= 0.3 is 11.8 Å². The molecule has 1 atom stereocenters. The van der Waals surface area contributed by atoms with Gasteiger partial charge in [-0.3, -0.25) is 14.3 Å². The molecule has 0 radical (unpaired) electrons. The first-order valence-corrected chi connectivity index (χ1v) is 5.84. The van der Waals surface area contributed by atoms with Gasteiger partial charge in [0, 0.05) is 13.1 Å². The lowest BCUT2D eigenvalue weighted by molar-refractivity contribution is -0.124. The minimum atomic E-state index is -0.971. The Hall–Kier alpha value is -2.77. The Morgan fingerprint density at radius 2 is 2.15 bits per heavy atom. The van der Waals surface area contributed by atoms with Crippen LogP contribution >= 0.6 is 0 Å². The number of rotatable bonds is 2. The third-order valence-corrected chi connectivity index (χ3v) is 3.22. The van der Waals surface area contributed by atoms with E-state index in [1.165, 1.54) is 9.47 Å². The Bertz CT molecular complexity index is 775. The van der Waals surface area contributed by atoms with Gasteiger partial charge in [0.15, 0.2) is 11.7 Å². The van der Waals surface area contributed by atoms with Gasteiger partial charge in [-0.1, -0.05) is 0 Å². The number of carbonyl (C=O) groups excluding carboxylic acids is 2. The highest BCUT2D eigenvalue weighted by molar-refractivity contribution is 5.96. The second-order valence-electron chi connectivity index (χ2n) is 4.46. The first kappa shape index (κ1) is 12.3. The van der Waals surface area contributed by atoms with Crippen molar-refractivity contribution in [2.45, 2.75) is 6.10 Å². The zero-order valence-electron chi connectivity index (χ0n) is 10.5. The quantitative estimate of drug-likeness (QED) is 0.827. The van der Waals surface area contributed by atoms with Crippen molar-refractivity contribution in [3.8, 4) is 0 Å². The summed E-state index contributed by atoms with van der Waals surface area (Å²) in [5.74, 6) is -1.19. The maximum atomic E-state index is 11.7. The van der Waals surface area contributed by atoms with Crippen LogP contribution in [0.4, 0.5) is 10.5 Å². The molecule has 2 heterocycles. The fourth-order valence-electron chi connectivity index (χ4n) is 2.11. The molecule has 8 heteroatoms. The van der Waals surface area contributed by atoms with E-state index in [0.717, 1.165) is 0 Å². The van der Waals surface area contributed by atoms with Gasteiger partial charge in [-0.2, -0.15) is 0 Å². The number of nitrogens with zero attached hydrogens (tertiary/aromatic N) is 2. The molecule has 8 nitrogen and oxygen atoms in total. The molecule has 104 valence electrons. The second kappa shape index (κ2) is 4.12. The summed E-state index contributed by atoms with van der Waals surface area (Å²) in [5.41, 5.74) is 6.54. The number of hydrogen-bond acceptors (Lipinski definition) is 5. The van der Waals surface area contributed by atoms with Crippen molar-refractivity contribution in [2.75, 3.05) is 11.4 Å². The van der Waals surface area contributed by atoms with Crippen LogP contribution in [0.25, 0.3) is 11.1 Å². The molecule has 0 aliphatic carbocycles. The Balaban J connectivity index is 2.01. The van der Waals surface area contributed by atoms with Gasteiger partial charge in [0.25, 0.3) is 5.91 Å². The third kappa shape index (κ3) is 1.73. The van der Waals surface area contributed by atoms with Crippen molar-refractivity contribution < 1.29 is 18.7 Å². The smallest absolute Gasteiger partial charge is 0.419 e. The van der Waals surface area contributed by atoms with Crippen LogP contribution in [-0.2, 0) is 16.6 Å². The summed E-state index contributed by atoms with van der Waals surface area (Å²) in [5, 5.41) is 0. The van der Waals surface area contributed by atoms with Gasteiger partial charge in [0.1, 0.15) is 0 Å². The summed E-state index contributed by atoms with van der Waals surface area (Å²) in [6, 6.07) is 4.84. The van der Waals surface area contributed by atoms with Crippen LogP contribution in [0.15, 0.2) is 27.4 Å². The highest BCUT2D eigenvalue weighted by Crippen LogP contribution is 2.25. The average molecular weight is 277 g/mol. The molecule has 1 aliphatic heterocycles. The van der Waals surface area contributed by atoms with Crippen LogP contribution in [0.2, 0.25) is 0 Å². The molecule has 2 aromatic rings. The van der Waals surface area contributed by atoms with Crippen molar-refractivity contribution in [1.29, 1.82) is 0 Å². The first-order valence-electron chi connectivity index (χ1n) is 5.84. The van der Waals surface area contributed by atoms with Gasteiger partial charge in [-0.05, 0) is 12.1 Å². The number of carbonyl (C=O) groups is 2. The molecule has 1 aromatic carbocycles. The Morgan fingerprint density at radius 3 is 2.80 bits per heavy atom. The predicted molar refractivity (Wildman–Crippen MR) is 68.3 cm³/mol. The number of primary amides is 1. The van der Waals surface area contributed by atoms with E-state index < -0.39 is 23.9 Å². The summed E-state index contributed by atoms with van der Waals surface area (Å²) >= 11 is 0. The van der Waals surface area contributed by atoms with E-state index in [0.29, 0.717) is 16.8 Å². The summed E-state index contributed by atoms with van der Waals surface area (Å²) in [7, 11) is 1.58. The summed E-state index contributed by atoms with van der Waals surface area (Å²) in [4.78, 5) is 35.4. The van der Waals surface area contributed by atoms with E-state index in [-0.39, 0.29) is 6.54 Å². The van der Waals surface area contributed by atoms with Gasteiger partial charge < -0.3 is 14.9 Å². The fourth-order valence-corrected chi connectivity index (χ4v) is 2.11. The summed E-state index contributed by atoms with van der Waals surface area (Å²) in [6.07, 6.45) is -1.63. The van der Waals surface area contributed by atoms with E-state index in [1.807, 2.05) is 0 Å². The standard InChI is InChI=1S/C12H11N3O5/c1-14-7-3-2-6(4-8(7)19-11(14)17)15-5-9(10(13)16)20-12(15)18/h2-4,9H,5H2,1H3,(H2,13,16)/t9-/m1/s1. The molecule has 2 amide bonds. The van der Waals surface area contributed by atoms with Crippen LogP contribution < -0.4 is 16.4 Å². The predicted octanol–water partition coefficient (Wildman–Crippen LogP) is -0.0580. The number of nitrogens with two attached hydrogens (primary N) is 1. The van der Waals surface area contributed by atoms with Crippen LogP contribution in [0.1, 0.15) is 0 Å². The van der Waals surface area contributed by atoms with E-state index in [9.17, 15) is 14.4 Å². The third-order valence-electron chi connectivity index (χ3n) is 3.22. The maximum Gasteiger partial charge on any atom is 0.419 e. The molecule has 2 N–H and O–H groups in total. The molecule has 1 saturated heterocycles. The Labute approximate surface area is 112 Å².